The lowest BCUT2D eigenvalue weighted by Gasteiger charge is -2.18. The summed E-state index contributed by atoms with van der Waals surface area (Å²) in [6.45, 7) is 6.61. The van der Waals surface area contributed by atoms with Crippen LogP contribution in [0.25, 0.3) is 0 Å². The molecule has 0 spiro atoms. The Morgan fingerprint density at radius 3 is 0.811 bits per heavy atom. The Morgan fingerprint density at radius 1 is 0.270 bits per heavy atom. The van der Waals surface area contributed by atoms with Crippen LogP contribution in [0, 0.1) is 0 Å². The molecule has 0 aliphatic rings. The highest BCUT2D eigenvalue weighted by atomic mass is 16.6. The predicted octanol–water partition coefficient (Wildman–Crippen LogP) is 22.4. The second-order valence-electron chi connectivity index (χ2n) is 22.4. The van der Waals surface area contributed by atoms with Crippen LogP contribution >= 0.6 is 0 Å². The molecule has 0 saturated carbocycles. The normalized spacial score (nSPS) is 12.2. The molecule has 1 unspecified atom stereocenters. The molecule has 6 nitrogen and oxygen atoms in total. The molecule has 0 heterocycles. The van der Waals surface area contributed by atoms with Crippen molar-refractivity contribution in [3.05, 3.63) is 36.5 Å². The second-order valence-corrected chi connectivity index (χ2v) is 22.4. The van der Waals surface area contributed by atoms with Crippen molar-refractivity contribution in [1.82, 2.24) is 0 Å². The summed E-state index contributed by atoms with van der Waals surface area (Å²) in [5.74, 6) is -0.878. The first-order chi connectivity index (χ1) is 36.5. The number of hydrogen-bond acceptors (Lipinski definition) is 6. The number of allylic oxidation sites excluding steroid dienone is 6. The second kappa shape index (κ2) is 63.2. The topological polar surface area (TPSA) is 78.9 Å². The van der Waals surface area contributed by atoms with Gasteiger partial charge in [0.1, 0.15) is 13.2 Å². The number of esters is 3. The van der Waals surface area contributed by atoms with Gasteiger partial charge in [0.15, 0.2) is 6.10 Å². The molecular formula is C68H126O6. The summed E-state index contributed by atoms with van der Waals surface area (Å²) < 4.78 is 16.9. The van der Waals surface area contributed by atoms with Crippen molar-refractivity contribution < 1.29 is 28.6 Å². The third kappa shape index (κ3) is 60.5. The average Bonchev–Trinajstić information content (AvgIpc) is 3.40. The molecule has 0 aromatic heterocycles. The van der Waals surface area contributed by atoms with E-state index in [2.05, 4.69) is 57.2 Å². The first kappa shape index (κ1) is 71.6. The van der Waals surface area contributed by atoms with Crippen LogP contribution in [0.5, 0.6) is 0 Å². The van der Waals surface area contributed by atoms with Gasteiger partial charge in [0, 0.05) is 19.3 Å². The Balaban J connectivity index is 4.17. The lowest BCUT2D eigenvalue weighted by Crippen LogP contribution is -2.30. The van der Waals surface area contributed by atoms with Crippen LogP contribution in [0.3, 0.4) is 0 Å². The maximum absolute atomic E-state index is 12.9. The Labute approximate surface area is 461 Å². The highest BCUT2D eigenvalue weighted by Crippen LogP contribution is 2.18. The number of rotatable bonds is 61. The van der Waals surface area contributed by atoms with E-state index in [1.807, 2.05) is 0 Å². The van der Waals surface area contributed by atoms with E-state index < -0.39 is 6.10 Å². The first-order valence-electron chi connectivity index (χ1n) is 33.0. The molecule has 0 radical (unpaired) electrons. The number of hydrogen-bond donors (Lipinski definition) is 0. The zero-order chi connectivity index (χ0) is 53.6. The zero-order valence-electron chi connectivity index (χ0n) is 49.9. The monoisotopic (exact) mass is 1040 g/mol. The van der Waals surface area contributed by atoms with Crippen LogP contribution in [-0.2, 0) is 28.6 Å². The lowest BCUT2D eigenvalue weighted by atomic mass is 10.0. The Bertz CT molecular complexity index is 1240. The Morgan fingerprint density at radius 2 is 0.514 bits per heavy atom. The summed E-state index contributed by atoms with van der Waals surface area (Å²) in [7, 11) is 0. The predicted molar refractivity (Wildman–Crippen MR) is 321 cm³/mol. The number of ether oxygens (including phenoxy) is 3. The summed E-state index contributed by atoms with van der Waals surface area (Å²) in [5.41, 5.74) is 0. The van der Waals surface area contributed by atoms with Crippen LogP contribution in [0.4, 0.5) is 0 Å². The van der Waals surface area contributed by atoms with Gasteiger partial charge >= 0.3 is 17.9 Å². The number of carbonyl (C=O) groups is 3. The molecule has 0 saturated heterocycles. The summed E-state index contributed by atoms with van der Waals surface area (Å²) in [6.07, 6.45) is 77.5. The highest BCUT2D eigenvalue weighted by Gasteiger charge is 2.19. The first-order valence-corrected chi connectivity index (χ1v) is 33.0. The van der Waals surface area contributed by atoms with Gasteiger partial charge in [-0.1, -0.05) is 308 Å². The molecule has 0 fully saturated rings. The van der Waals surface area contributed by atoms with Crippen molar-refractivity contribution in [2.75, 3.05) is 13.2 Å². The van der Waals surface area contributed by atoms with Gasteiger partial charge in [-0.05, 0) is 70.6 Å². The van der Waals surface area contributed by atoms with E-state index in [4.69, 9.17) is 14.2 Å². The van der Waals surface area contributed by atoms with Crippen molar-refractivity contribution >= 4 is 17.9 Å². The maximum Gasteiger partial charge on any atom is 0.306 e. The molecule has 0 aliphatic heterocycles. The quantitative estimate of drug-likeness (QED) is 0.0261. The van der Waals surface area contributed by atoms with E-state index in [0.29, 0.717) is 19.3 Å². The zero-order valence-corrected chi connectivity index (χ0v) is 49.9. The summed E-state index contributed by atoms with van der Waals surface area (Å²) >= 11 is 0. The van der Waals surface area contributed by atoms with Crippen molar-refractivity contribution in [2.45, 2.75) is 367 Å². The third-order valence-electron chi connectivity index (χ3n) is 14.8. The molecule has 434 valence electrons. The van der Waals surface area contributed by atoms with Gasteiger partial charge in [-0.2, -0.15) is 0 Å². The van der Waals surface area contributed by atoms with Gasteiger partial charge in [-0.25, -0.2) is 0 Å². The van der Waals surface area contributed by atoms with E-state index in [1.165, 1.54) is 231 Å². The molecular weight excluding hydrogens is 913 g/mol. The molecule has 1 atom stereocenters. The van der Waals surface area contributed by atoms with Gasteiger partial charge in [-0.3, -0.25) is 14.4 Å². The molecule has 0 amide bonds. The van der Waals surface area contributed by atoms with Crippen molar-refractivity contribution in [1.29, 1.82) is 0 Å². The minimum atomic E-state index is -0.780. The Kier molecular flexibility index (Phi) is 61.1. The van der Waals surface area contributed by atoms with E-state index in [9.17, 15) is 14.4 Å². The van der Waals surface area contributed by atoms with Crippen molar-refractivity contribution in [3.8, 4) is 0 Å². The molecule has 6 heteroatoms. The molecule has 0 bridgehead atoms. The number of unbranched alkanes of at least 4 members (excludes halogenated alkanes) is 44. The average molecular weight is 1040 g/mol. The highest BCUT2D eigenvalue weighted by molar-refractivity contribution is 5.71. The molecule has 0 aromatic rings. The van der Waals surface area contributed by atoms with Gasteiger partial charge in [0.05, 0.1) is 0 Å². The van der Waals surface area contributed by atoms with E-state index in [-0.39, 0.29) is 31.1 Å². The molecule has 74 heavy (non-hydrogen) atoms. The smallest absolute Gasteiger partial charge is 0.306 e. The van der Waals surface area contributed by atoms with Crippen LogP contribution in [0.15, 0.2) is 36.5 Å². The van der Waals surface area contributed by atoms with Crippen LogP contribution < -0.4 is 0 Å². The van der Waals surface area contributed by atoms with Crippen LogP contribution in [-0.4, -0.2) is 37.2 Å². The van der Waals surface area contributed by atoms with E-state index in [1.54, 1.807) is 0 Å². The molecule has 0 aromatic carbocycles. The van der Waals surface area contributed by atoms with Gasteiger partial charge in [0.2, 0.25) is 0 Å². The van der Waals surface area contributed by atoms with Gasteiger partial charge in [-0.15, -0.1) is 0 Å². The van der Waals surface area contributed by atoms with E-state index >= 15 is 0 Å². The minimum absolute atomic E-state index is 0.0762. The fourth-order valence-electron chi connectivity index (χ4n) is 9.89. The fraction of sp³-hybridized carbons (Fsp3) is 0.868. The minimum Gasteiger partial charge on any atom is -0.462 e. The number of carbonyl (C=O) groups excluding carboxylic acids is 3. The van der Waals surface area contributed by atoms with Crippen molar-refractivity contribution in [2.24, 2.45) is 0 Å². The van der Waals surface area contributed by atoms with Crippen LogP contribution in [0.2, 0.25) is 0 Å². The summed E-state index contributed by atoms with van der Waals surface area (Å²) in [5, 5.41) is 0. The SMILES string of the molecule is CCC/C=C\C/C=C\CCCCCCCC(=O)OCC(COC(=O)CCCCCCCCCCCCCCCCCCCCCCCCCCCCCC)OC(=O)CCCCCCC/C=C\CCCCCCCC. The van der Waals surface area contributed by atoms with Crippen molar-refractivity contribution in [3.63, 3.8) is 0 Å². The molecule has 0 aliphatic carbocycles. The molecule has 0 N–H and O–H groups in total. The lowest BCUT2D eigenvalue weighted by molar-refractivity contribution is -0.167. The summed E-state index contributed by atoms with van der Waals surface area (Å²) in [6, 6.07) is 0. The maximum atomic E-state index is 12.9. The molecule has 0 rings (SSSR count). The van der Waals surface area contributed by atoms with Gasteiger partial charge in [0.25, 0.3) is 0 Å². The Hall–Kier alpha value is -2.37. The van der Waals surface area contributed by atoms with Gasteiger partial charge < -0.3 is 14.2 Å². The standard InChI is InChI=1S/C68H126O6/c1-4-7-10-13-16-19-22-25-27-28-29-30-31-32-33-34-35-36-37-38-39-41-43-46-49-52-55-58-61-67(70)73-64-65(63-72-66(69)60-57-54-51-48-45-42-24-21-18-15-12-9-6-3)74-68(71)62-59-56-53-50-47-44-40-26-23-20-17-14-11-8-5-2/h12,15,21,24,26,40,65H,4-11,13-14,16-20,22-23,25,27-39,41-64H2,1-3H3/b15-12-,24-21-,40-26-. The fourth-order valence-corrected chi connectivity index (χ4v) is 9.89. The third-order valence-corrected chi connectivity index (χ3v) is 14.8. The van der Waals surface area contributed by atoms with Crippen LogP contribution in [0.1, 0.15) is 361 Å². The largest absolute Gasteiger partial charge is 0.462 e. The summed E-state index contributed by atoms with van der Waals surface area (Å²) in [4.78, 5) is 38.2. The van der Waals surface area contributed by atoms with E-state index in [0.717, 1.165) is 89.9 Å².